The summed E-state index contributed by atoms with van der Waals surface area (Å²) in [5.41, 5.74) is -0.499. The van der Waals surface area contributed by atoms with E-state index in [2.05, 4.69) is 4.98 Å². The molecule has 3 aromatic rings. The van der Waals surface area contributed by atoms with Crippen molar-refractivity contribution in [1.82, 2.24) is 9.55 Å². The maximum absolute atomic E-state index is 13.1. The quantitative estimate of drug-likeness (QED) is 0.453. The molecule has 3 rings (SSSR count). The van der Waals surface area contributed by atoms with Crippen molar-refractivity contribution >= 4 is 17.8 Å². The van der Waals surface area contributed by atoms with Crippen LogP contribution in [-0.4, -0.2) is 15.3 Å². The summed E-state index contributed by atoms with van der Waals surface area (Å²) >= 11 is 1.07. The Balaban J connectivity index is 1.92. The Morgan fingerprint density at radius 3 is 2.26 bits per heavy atom. The lowest BCUT2D eigenvalue weighted by atomic mass is 10.2. The van der Waals surface area contributed by atoms with Crippen molar-refractivity contribution < 1.29 is 13.2 Å². The first-order chi connectivity index (χ1) is 12.9. The van der Waals surface area contributed by atoms with Crippen LogP contribution in [-0.2, 0) is 6.18 Å². The van der Waals surface area contributed by atoms with Crippen LogP contribution >= 0.6 is 11.8 Å². The van der Waals surface area contributed by atoms with Gasteiger partial charge in [0.2, 0.25) is 0 Å². The molecule has 0 atom stereocenters. The predicted octanol–water partition coefficient (Wildman–Crippen LogP) is 5.06. The first-order valence-electron chi connectivity index (χ1n) is 8.06. The van der Waals surface area contributed by atoms with Crippen LogP contribution in [0.5, 0.6) is 0 Å². The lowest BCUT2D eigenvalue weighted by molar-refractivity contribution is -0.141. The molecule has 0 aliphatic rings. The third-order valence-corrected chi connectivity index (χ3v) is 4.50. The van der Waals surface area contributed by atoms with Gasteiger partial charge in [0.25, 0.3) is 5.56 Å². The zero-order valence-corrected chi connectivity index (χ0v) is 14.9. The Kier molecular flexibility index (Phi) is 5.81. The fourth-order valence-corrected chi connectivity index (χ4v) is 3.22. The highest BCUT2D eigenvalue weighted by Crippen LogP contribution is 2.29. The maximum Gasteiger partial charge on any atom is 0.433 e. The Labute approximate surface area is 158 Å². The molecule has 7 heteroatoms. The third kappa shape index (κ3) is 4.89. The van der Waals surface area contributed by atoms with Gasteiger partial charge in [0, 0.05) is 11.8 Å². The number of halogens is 3. The number of thioether (sulfide) groups is 1. The standard InChI is InChI=1S/C20H15F3N2OS/c21-20(22,23)17-14-18(26)25(16-11-5-2-6-12-16)19(24-17)27-13-7-10-15-8-3-1-4-9-15/h1-12,14H,13H2. The van der Waals surface area contributed by atoms with Crippen LogP contribution in [0.25, 0.3) is 11.8 Å². The second-order valence-corrected chi connectivity index (χ2v) is 6.54. The van der Waals surface area contributed by atoms with Gasteiger partial charge in [-0.1, -0.05) is 72.4 Å². The van der Waals surface area contributed by atoms with Crippen LogP contribution in [0.4, 0.5) is 13.2 Å². The predicted molar refractivity (Wildman–Crippen MR) is 101 cm³/mol. The van der Waals surface area contributed by atoms with Gasteiger partial charge in [0.15, 0.2) is 10.9 Å². The second kappa shape index (κ2) is 8.26. The number of aromatic nitrogens is 2. The van der Waals surface area contributed by atoms with E-state index in [4.69, 9.17) is 0 Å². The molecule has 0 radical (unpaired) electrons. The summed E-state index contributed by atoms with van der Waals surface area (Å²) in [5, 5.41) is -0.00117. The van der Waals surface area contributed by atoms with E-state index in [1.807, 2.05) is 42.5 Å². The molecule has 3 nitrogen and oxygen atoms in total. The molecule has 1 aromatic heterocycles. The van der Waals surface area contributed by atoms with E-state index in [1.54, 1.807) is 30.3 Å². The monoisotopic (exact) mass is 388 g/mol. The molecule has 0 saturated carbocycles. The van der Waals surface area contributed by atoms with Crippen LogP contribution in [0, 0.1) is 0 Å². The molecule has 27 heavy (non-hydrogen) atoms. The summed E-state index contributed by atoms with van der Waals surface area (Å²) in [4.78, 5) is 16.0. The smallest absolute Gasteiger partial charge is 0.269 e. The molecule has 0 aliphatic heterocycles. The van der Waals surface area contributed by atoms with Gasteiger partial charge in [0.05, 0.1) is 5.69 Å². The number of benzene rings is 2. The highest BCUT2D eigenvalue weighted by atomic mass is 32.2. The van der Waals surface area contributed by atoms with Gasteiger partial charge in [-0.2, -0.15) is 13.2 Å². The van der Waals surface area contributed by atoms with E-state index in [-0.39, 0.29) is 5.16 Å². The van der Waals surface area contributed by atoms with E-state index in [0.717, 1.165) is 17.3 Å². The number of alkyl halides is 3. The number of rotatable bonds is 5. The Bertz CT molecular complexity index is 984. The van der Waals surface area contributed by atoms with Crippen molar-refractivity contribution in [2.24, 2.45) is 0 Å². The fourth-order valence-electron chi connectivity index (χ4n) is 2.39. The van der Waals surface area contributed by atoms with Crippen LogP contribution in [0.15, 0.2) is 82.8 Å². The van der Waals surface area contributed by atoms with Crippen molar-refractivity contribution in [2.75, 3.05) is 5.75 Å². The Morgan fingerprint density at radius 1 is 1.00 bits per heavy atom. The molecule has 1 heterocycles. The Hall–Kier alpha value is -2.80. The zero-order chi connectivity index (χ0) is 19.3. The van der Waals surface area contributed by atoms with Gasteiger partial charge in [0.1, 0.15) is 0 Å². The SMILES string of the molecule is O=c1cc(C(F)(F)F)nc(SCC=Cc2ccccc2)n1-c1ccccc1. The summed E-state index contributed by atoms with van der Waals surface area (Å²) in [6.45, 7) is 0. The average Bonchev–Trinajstić information content (AvgIpc) is 2.66. The lowest BCUT2D eigenvalue weighted by Crippen LogP contribution is -2.24. The average molecular weight is 388 g/mol. The molecular formula is C20H15F3N2OS. The summed E-state index contributed by atoms with van der Waals surface area (Å²) < 4.78 is 40.4. The highest BCUT2D eigenvalue weighted by molar-refractivity contribution is 7.99. The minimum absolute atomic E-state index is 0.00117. The minimum Gasteiger partial charge on any atom is -0.269 e. The lowest BCUT2D eigenvalue weighted by Gasteiger charge is -2.13. The minimum atomic E-state index is -4.68. The van der Waals surface area contributed by atoms with Crippen LogP contribution in [0.1, 0.15) is 11.3 Å². The molecule has 138 valence electrons. The topological polar surface area (TPSA) is 34.9 Å². The molecule has 0 bridgehead atoms. The molecule has 0 fully saturated rings. The van der Waals surface area contributed by atoms with Crippen LogP contribution in [0.2, 0.25) is 0 Å². The normalized spacial score (nSPS) is 11.8. The van der Waals surface area contributed by atoms with Crippen molar-refractivity contribution in [1.29, 1.82) is 0 Å². The summed E-state index contributed by atoms with van der Waals surface area (Å²) in [7, 11) is 0. The molecule has 2 aromatic carbocycles. The maximum atomic E-state index is 13.1. The third-order valence-electron chi connectivity index (χ3n) is 3.61. The summed E-state index contributed by atoms with van der Waals surface area (Å²) in [5.74, 6) is 0.371. The van der Waals surface area contributed by atoms with Crippen LogP contribution < -0.4 is 5.56 Å². The van der Waals surface area contributed by atoms with Crippen molar-refractivity contribution in [3.8, 4) is 5.69 Å². The van der Waals surface area contributed by atoms with Gasteiger partial charge >= 0.3 is 6.18 Å². The van der Waals surface area contributed by atoms with E-state index < -0.39 is 17.4 Å². The summed E-state index contributed by atoms with van der Waals surface area (Å²) in [6, 6.07) is 18.6. The first-order valence-corrected chi connectivity index (χ1v) is 9.05. The van der Waals surface area contributed by atoms with Crippen molar-refractivity contribution in [3.05, 3.63) is 94.4 Å². The molecule has 0 N–H and O–H groups in total. The van der Waals surface area contributed by atoms with Crippen LogP contribution in [0.3, 0.4) is 0 Å². The fraction of sp³-hybridized carbons (Fsp3) is 0.100. The van der Waals surface area contributed by atoms with Gasteiger partial charge in [-0.3, -0.25) is 9.36 Å². The van der Waals surface area contributed by atoms with E-state index in [0.29, 0.717) is 17.5 Å². The number of hydrogen-bond acceptors (Lipinski definition) is 3. The van der Waals surface area contributed by atoms with Gasteiger partial charge < -0.3 is 0 Å². The zero-order valence-electron chi connectivity index (χ0n) is 14.1. The van der Waals surface area contributed by atoms with Gasteiger partial charge in [-0.15, -0.1) is 0 Å². The van der Waals surface area contributed by atoms with Crippen molar-refractivity contribution in [3.63, 3.8) is 0 Å². The second-order valence-electron chi connectivity index (χ2n) is 5.55. The number of nitrogens with zero attached hydrogens (tertiary/aromatic N) is 2. The number of hydrogen-bond donors (Lipinski definition) is 0. The molecular weight excluding hydrogens is 373 g/mol. The molecule has 0 unspecified atom stereocenters. The first kappa shape index (κ1) is 19.0. The molecule has 0 saturated heterocycles. The van der Waals surface area contributed by atoms with E-state index in [9.17, 15) is 18.0 Å². The molecule has 0 aliphatic carbocycles. The summed E-state index contributed by atoms with van der Waals surface area (Å²) in [6.07, 6.45) is -0.989. The highest BCUT2D eigenvalue weighted by Gasteiger charge is 2.34. The Morgan fingerprint density at radius 2 is 1.63 bits per heavy atom. The van der Waals surface area contributed by atoms with Gasteiger partial charge in [-0.05, 0) is 17.7 Å². The van der Waals surface area contributed by atoms with Crippen molar-refractivity contribution in [2.45, 2.75) is 11.3 Å². The van der Waals surface area contributed by atoms with E-state index in [1.165, 1.54) is 4.57 Å². The molecule has 0 spiro atoms. The van der Waals surface area contributed by atoms with E-state index >= 15 is 0 Å². The molecule has 0 amide bonds. The van der Waals surface area contributed by atoms with Gasteiger partial charge in [-0.25, -0.2) is 4.98 Å². The largest absolute Gasteiger partial charge is 0.433 e. The number of para-hydroxylation sites is 1.